The van der Waals surface area contributed by atoms with Crippen LogP contribution in [0.4, 0.5) is 5.69 Å². The summed E-state index contributed by atoms with van der Waals surface area (Å²) in [5.41, 5.74) is -0.322. The molecule has 0 aliphatic carbocycles. The van der Waals surface area contributed by atoms with Crippen LogP contribution in [-0.2, 0) is 13.5 Å². The Hall–Kier alpha value is -3.23. The first-order valence-electron chi connectivity index (χ1n) is 6.37. The van der Waals surface area contributed by atoms with E-state index in [1.807, 2.05) is 0 Å². The number of H-pyrrole nitrogens is 2. The third-order valence-electron chi connectivity index (χ3n) is 3.35. The number of benzene rings is 1. The van der Waals surface area contributed by atoms with Gasteiger partial charge >= 0.3 is 5.69 Å². The van der Waals surface area contributed by atoms with Crippen molar-refractivity contribution >= 4 is 16.9 Å². The average molecular weight is 301 g/mol. The molecular weight excluding hydrogens is 290 g/mol. The van der Waals surface area contributed by atoms with Gasteiger partial charge in [0.05, 0.1) is 4.92 Å². The van der Waals surface area contributed by atoms with E-state index in [9.17, 15) is 19.7 Å². The number of nitro benzene ring substituents is 1. The molecule has 0 atom stereocenters. The number of aryl methyl sites for hydroxylation is 1. The molecule has 0 saturated carbocycles. The van der Waals surface area contributed by atoms with Crippen LogP contribution in [0.15, 0.2) is 33.9 Å². The number of aromatic nitrogens is 4. The summed E-state index contributed by atoms with van der Waals surface area (Å²) in [4.78, 5) is 43.0. The summed E-state index contributed by atoms with van der Waals surface area (Å²) in [6, 6.07) is 6.29. The molecule has 1 aromatic carbocycles. The van der Waals surface area contributed by atoms with Crippen molar-refractivity contribution in [2.45, 2.75) is 6.42 Å². The Morgan fingerprint density at radius 2 is 2.00 bits per heavy atom. The average Bonchev–Trinajstić information content (AvgIpc) is 2.90. The normalized spacial score (nSPS) is 11.0. The fraction of sp³-hybridized carbons (Fsp3) is 0.154. The summed E-state index contributed by atoms with van der Waals surface area (Å²) in [5.74, 6) is 0.371. The first-order chi connectivity index (χ1) is 10.5. The van der Waals surface area contributed by atoms with E-state index in [0.29, 0.717) is 11.4 Å². The molecule has 2 heterocycles. The Morgan fingerprint density at radius 3 is 2.73 bits per heavy atom. The van der Waals surface area contributed by atoms with Crippen LogP contribution in [0.2, 0.25) is 0 Å². The highest BCUT2D eigenvalue weighted by Gasteiger charge is 2.16. The van der Waals surface area contributed by atoms with Gasteiger partial charge in [0.15, 0.2) is 5.65 Å². The number of rotatable bonds is 3. The van der Waals surface area contributed by atoms with Crippen LogP contribution in [0.5, 0.6) is 0 Å². The quantitative estimate of drug-likeness (QED) is 0.536. The zero-order valence-electron chi connectivity index (χ0n) is 11.5. The maximum Gasteiger partial charge on any atom is 0.329 e. The van der Waals surface area contributed by atoms with Gasteiger partial charge in [0.1, 0.15) is 11.3 Å². The number of nitrogens with one attached hydrogen (secondary N) is 2. The van der Waals surface area contributed by atoms with Gasteiger partial charge in [0.2, 0.25) is 0 Å². The molecule has 22 heavy (non-hydrogen) atoms. The fourth-order valence-electron chi connectivity index (χ4n) is 2.26. The highest BCUT2D eigenvalue weighted by molar-refractivity contribution is 5.69. The molecule has 2 aromatic heterocycles. The van der Waals surface area contributed by atoms with E-state index in [0.717, 1.165) is 0 Å². The Kier molecular flexibility index (Phi) is 3.09. The predicted molar refractivity (Wildman–Crippen MR) is 77.9 cm³/mol. The zero-order valence-corrected chi connectivity index (χ0v) is 11.5. The van der Waals surface area contributed by atoms with Gasteiger partial charge in [-0.3, -0.25) is 24.5 Å². The summed E-state index contributed by atoms with van der Waals surface area (Å²) in [7, 11) is 1.48. The molecule has 0 aliphatic heterocycles. The highest BCUT2D eigenvalue weighted by atomic mass is 16.6. The third-order valence-corrected chi connectivity index (χ3v) is 3.35. The summed E-state index contributed by atoms with van der Waals surface area (Å²) in [6.45, 7) is 0. The lowest BCUT2D eigenvalue weighted by molar-refractivity contribution is -0.385. The molecule has 0 saturated heterocycles. The van der Waals surface area contributed by atoms with E-state index in [2.05, 4.69) is 15.0 Å². The fourth-order valence-corrected chi connectivity index (χ4v) is 2.26. The number of hydrogen-bond donors (Lipinski definition) is 2. The Morgan fingerprint density at radius 1 is 1.27 bits per heavy atom. The maximum absolute atomic E-state index is 11.7. The van der Waals surface area contributed by atoms with Crippen LogP contribution < -0.4 is 11.2 Å². The van der Waals surface area contributed by atoms with Gasteiger partial charge in [-0.2, -0.15) is 0 Å². The predicted octanol–water partition coefficient (Wildman–Crippen LogP) is 0.449. The number of nitrogens with zero attached hydrogens (tertiary/aromatic N) is 3. The van der Waals surface area contributed by atoms with Crippen molar-refractivity contribution in [3.63, 3.8) is 0 Å². The molecule has 2 N–H and O–H groups in total. The first kappa shape index (κ1) is 13.7. The summed E-state index contributed by atoms with van der Waals surface area (Å²) < 4.78 is 1.20. The minimum absolute atomic E-state index is 0.0224. The second-order valence-corrected chi connectivity index (χ2v) is 4.76. The monoisotopic (exact) mass is 301 g/mol. The van der Waals surface area contributed by atoms with Crippen LogP contribution >= 0.6 is 0 Å². The lowest BCUT2D eigenvalue weighted by Crippen LogP contribution is -2.28. The van der Waals surface area contributed by atoms with Crippen molar-refractivity contribution in [2.75, 3.05) is 0 Å². The molecule has 0 fully saturated rings. The van der Waals surface area contributed by atoms with E-state index in [-0.39, 0.29) is 23.3 Å². The second kappa shape index (κ2) is 4.95. The number of imidazole rings is 1. The Labute approximate surface area is 122 Å². The van der Waals surface area contributed by atoms with E-state index in [1.54, 1.807) is 18.2 Å². The van der Waals surface area contributed by atoms with Crippen LogP contribution in [0.25, 0.3) is 11.2 Å². The molecule has 0 unspecified atom stereocenters. The van der Waals surface area contributed by atoms with Crippen LogP contribution in [-0.4, -0.2) is 24.4 Å². The smallest absolute Gasteiger partial charge is 0.329 e. The molecule has 3 aromatic rings. The molecule has 0 bridgehead atoms. The van der Waals surface area contributed by atoms with Gasteiger partial charge < -0.3 is 4.98 Å². The lowest BCUT2D eigenvalue weighted by atomic mass is 10.1. The SMILES string of the molecule is Cn1c(=O)[nH]c(=O)c2[nH]c(Cc3ccccc3[N+](=O)[O-])nc21. The standard InChI is InChI=1S/C13H11N5O4/c1-17-11-10(12(19)16-13(17)20)14-9(15-11)6-7-4-2-3-5-8(7)18(21)22/h2-5H,6H2,1H3,(H,14,15)(H,16,19,20). The molecule has 112 valence electrons. The maximum atomic E-state index is 11.7. The minimum Gasteiger partial charge on any atom is -0.336 e. The molecule has 0 spiro atoms. The molecule has 9 nitrogen and oxygen atoms in total. The number of nitro groups is 1. The molecule has 0 aliphatic rings. The van der Waals surface area contributed by atoms with Crippen molar-refractivity contribution < 1.29 is 4.92 Å². The van der Waals surface area contributed by atoms with Gasteiger partial charge in [-0.1, -0.05) is 18.2 Å². The van der Waals surface area contributed by atoms with E-state index in [4.69, 9.17) is 0 Å². The lowest BCUT2D eigenvalue weighted by Gasteiger charge is -1.99. The number of hydrogen-bond acceptors (Lipinski definition) is 5. The highest BCUT2D eigenvalue weighted by Crippen LogP contribution is 2.20. The largest absolute Gasteiger partial charge is 0.336 e. The molecule has 0 radical (unpaired) electrons. The van der Waals surface area contributed by atoms with Gasteiger partial charge in [0.25, 0.3) is 11.2 Å². The zero-order chi connectivity index (χ0) is 15.9. The van der Waals surface area contributed by atoms with Crippen molar-refractivity contribution in [1.82, 2.24) is 19.5 Å². The van der Waals surface area contributed by atoms with Crippen molar-refractivity contribution in [3.05, 3.63) is 66.6 Å². The molecular formula is C13H11N5O4. The molecule has 3 rings (SSSR count). The van der Waals surface area contributed by atoms with Crippen LogP contribution in [0.1, 0.15) is 11.4 Å². The van der Waals surface area contributed by atoms with Crippen molar-refractivity contribution in [2.24, 2.45) is 7.05 Å². The summed E-state index contributed by atoms with van der Waals surface area (Å²) >= 11 is 0. The summed E-state index contributed by atoms with van der Waals surface area (Å²) in [6.07, 6.45) is 0.152. The van der Waals surface area contributed by atoms with Crippen LogP contribution in [0, 0.1) is 10.1 Å². The van der Waals surface area contributed by atoms with E-state index < -0.39 is 16.2 Å². The first-order valence-corrected chi connectivity index (χ1v) is 6.37. The topological polar surface area (TPSA) is 127 Å². The van der Waals surface area contributed by atoms with E-state index in [1.165, 1.54) is 17.7 Å². The van der Waals surface area contributed by atoms with Crippen molar-refractivity contribution in [3.8, 4) is 0 Å². The minimum atomic E-state index is -0.570. The summed E-state index contributed by atoms with van der Waals surface area (Å²) in [5, 5.41) is 11.0. The van der Waals surface area contributed by atoms with Gasteiger partial charge in [-0.15, -0.1) is 0 Å². The van der Waals surface area contributed by atoms with Crippen LogP contribution in [0.3, 0.4) is 0 Å². The van der Waals surface area contributed by atoms with Gasteiger partial charge in [-0.25, -0.2) is 9.78 Å². The Bertz CT molecular complexity index is 998. The van der Waals surface area contributed by atoms with E-state index >= 15 is 0 Å². The second-order valence-electron chi connectivity index (χ2n) is 4.76. The Balaban J connectivity index is 2.12. The molecule has 0 amide bonds. The van der Waals surface area contributed by atoms with Crippen molar-refractivity contribution in [1.29, 1.82) is 0 Å². The van der Waals surface area contributed by atoms with Gasteiger partial charge in [0, 0.05) is 25.1 Å². The number of aromatic amines is 2. The number of para-hydroxylation sites is 1. The number of fused-ring (bicyclic) bond motifs is 1. The van der Waals surface area contributed by atoms with Gasteiger partial charge in [-0.05, 0) is 0 Å². The third kappa shape index (κ3) is 2.18. The molecule has 9 heteroatoms.